The van der Waals surface area contributed by atoms with Gasteiger partial charge in [-0.25, -0.2) is 4.79 Å². The molecule has 6 heteroatoms. The van der Waals surface area contributed by atoms with Crippen LogP contribution in [0.2, 0.25) is 0 Å². The van der Waals surface area contributed by atoms with E-state index < -0.39 is 17.9 Å². The molecule has 1 atom stereocenters. The summed E-state index contributed by atoms with van der Waals surface area (Å²) in [7, 11) is 0. The Hall–Kier alpha value is -2.11. The number of pyridine rings is 1. The van der Waals surface area contributed by atoms with Crippen LogP contribution in [0.25, 0.3) is 0 Å². The summed E-state index contributed by atoms with van der Waals surface area (Å²) in [6, 6.07) is 0.547. The normalized spacial score (nSPS) is 11.8. The van der Waals surface area contributed by atoms with E-state index in [2.05, 4.69) is 10.3 Å². The van der Waals surface area contributed by atoms with Gasteiger partial charge in [-0.1, -0.05) is 6.92 Å². The number of carboxylic acids is 1. The lowest BCUT2D eigenvalue weighted by atomic mass is 10.2. The van der Waals surface area contributed by atoms with E-state index in [9.17, 15) is 9.59 Å². The van der Waals surface area contributed by atoms with Crippen molar-refractivity contribution in [2.24, 2.45) is 0 Å². The van der Waals surface area contributed by atoms with Gasteiger partial charge in [0.1, 0.15) is 6.04 Å². The Kier molecular flexibility index (Phi) is 3.82. The third kappa shape index (κ3) is 2.94. The average molecular weight is 223 g/mol. The highest BCUT2D eigenvalue weighted by Gasteiger charge is 2.18. The first kappa shape index (κ1) is 12.0. The topological polar surface area (TPSA) is 105 Å². The molecule has 0 radical (unpaired) electrons. The number of nitrogen functional groups attached to an aromatic ring is 1. The number of amides is 1. The summed E-state index contributed by atoms with van der Waals surface area (Å²) in [6.45, 7) is 1.68. The molecule has 0 saturated heterocycles. The van der Waals surface area contributed by atoms with Crippen LogP contribution in [0.3, 0.4) is 0 Å². The lowest BCUT2D eigenvalue weighted by molar-refractivity contribution is -0.139. The van der Waals surface area contributed by atoms with E-state index in [1.165, 1.54) is 18.5 Å². The highest BCUT2D eigenvalue weighted by molar-refractivity contribution is 5.96. The van der Waals surface area contributed by atoms with Gasteiger partial charge in [-0.15, -0.1) is 0 Å². The summed E-state index contributed by atoms with van der Waals surface area (Å²) in [5.74, 6) is -1.55. The lowest BCUT2D eigenvalue weighted by Gasteiger charge is -2.11. The molecule has 4 N–H and O–H groups in total. The van der Waals surface area contributed by atoms with Crippen LogP contribution in [-0.4, -0.2) is 28.0 Å². The molecule has 0 saturated carbocycles. The molecule has 1 rings (SSSR count). The van der Waals surface area contributed by atoms with Crippen LogP contribution in [0.4, 0.5) is 5.69 Å². The Balaban J connectivity index is 2.75. The SMILES string of the molecule is CCC(NC(=O)c1cncc(N)c1)C(=O)O. The van der Waals surface area contributed by atoms with Gasteiger partial charge in [0.2, 0.25) is 0 Å². The first-order valence-corrected chi connectivity index (χ1v) is 4.78. The molecule has 16 heavy (non-hydrogen) atoms. The Morgan fingerprint density at radius 2 is 2.25 bits per heavy atom. The smallest absolute Gasteiger partial charge is 0.326 e. The maximum absolute atomic E-state index is 11.6. The summed E-state index contributed by atoms with van der Waals surface area (Å²) in [5.41, 5.74) is 6.07. The number of anilines is 1. The highest BCUT2D eigenvalue weighted by Crippen LogP contribution is 2.04. The van der Waals surface area contributed by atoms with Crippen molar-refractivity contribution in [3.63, 3.8) is 0 Å². The molecule has 0 aliphatic rings. The first-order chi connectivity index (χ1) is 7.54. The molecule has 1 aromatic heterocycles. The van der Waals surface area contributed by atoms with Crippen molar-refractivity contribution in [1.82, 2.24) is 10.3 Å². The van der Waals surface area contributed by atoms with E-state index in [1.807, 2.05) is 0 Å². The van der Waals surface area contributed by atoms with Crippen LogP contribution in [0.5, 0.6) is 0 Å². The minimum Gasteiger partial charge on any atom is -0.480 e. The van der Waals surface area contributed by atoms with Gasteiger partial charge in [-0.05, 0) is 12.5 Å². The maximum atomic E-state index is 11.6. The van der Waals surface area contributed by atoms with Crippen molar-refractivity contribution in [3.05, 3.63) is 24.0 Å². The van der Waals surface area contributed by atoms with Crippen LogP contribution in [0.1, 0.15) is 23.7 Å². The lowest BCUT2D eigenvalue weighted by Crippen LogP contribution is -2.40. The average Bonchev–Trinajstić information content (AvgIpc) is 2.25. The number of carboxylic acid groups (broad SMARTS) is 1. The van der Waals surface area contributed by atoms with Crippen molar-refractivity contribution in [3.8, 4) is 0 Å². The standard InChI is InChI=1S/C10H13N3O3/c1-2-8(10(15)16)13-9(14)6-3-7(11)5-12-4-6/h3-5,8H,2,11H2,1H3,(H,13,14)(H,15,16). The van der Waals surface area contributed by atoms with E-state index in [-0.39, 0.29) is 5.56 Å². The second-order valence-electron chi connectivity index (χ2n) is 3.28. The number of nitrogens with two attached hydrogens (primary N) is 1. The van der Waals surface area contributed by atoms with E-state index in [1.54, 1.807) is 6.92 Å². The number of hydrogen-bond donors (Lipinski definition) is 3. The maximum Gasteiger partial charge on any atom is 0.326 e. The zero-order valence-corrected chi connectivity index (χ0v) is 8.80. The molecule has 0 bridgehead atoms. The summed E-state index contributed by atoms with van der Waals surface area (Å²) >= 11 is 0. The van der Waals surface area contributed by atoms with Gasteiger partial charge < -0.3 is 16.2 Å². The van der Waals surface area contributed by atoms with Crippen molar-refractivity contribution in [2.45, 2.75) is 19.4 Å². The molecule has 0 fully saturated rings. The molecule has 6 nitrogen and oxygen atoms in total. The number of aromatic nitrogens is 1. The van der Waals surface area contributed by atoms with Gasteiger partial charge in [0, 0.05) is 12.4 Å². The predicted octanol–water partition coefficient (Wildman–Crippen LogP) is 0.257. The molecule has 1 aromatic rings. The monoisotopic (exact) mass is 223 g/mol. The third-order valence-corrected chi connectivity index (χ3v) is 2.03. The molecule has 0 spiro atoms. The summed E-state index contributed by atoms with van der Waals surface area (Å²) in [5, 5.41) is 11.1. The second-order valence-corrected chi connectivity index (χ2v) is 3.28. The quantitative estimate of drug-likeness (QED) is 0.678. The highest BCUT2D eigenvalue weighted by atomic mass is 16.4. The van der Waals surface area contributed by atoms with Crippen LogP contribution in [-0.2, 0) is 4.79 Å². The largest absolute Gasteiger partial charge is 0.480 e. The first-order valence-electron chi connectivity index (χ1n) is 4.78. The molecular formula is C10H13N3O3. The third-order valence-electron chi connectivity index (χ3n) is 2.03. The zero-order chi connectivity index (χ0) is 12.1. The number of nitrogens with one attached hydrogen (secondary N) is 1. The molecule has 86 valence electrons. The van der Waals surface area contributed by atoms with Gasteiger partial charge in [0.25, 0.3) is 5.91 Å². The number of aliphatic carboxylic acids is 1. The molecule has 1 amide bonds. The minimum atomic E-state index is -1.06. The van der Waals surface area contributed by atoms with Crippen LogP contribution < -0.4 is 11.1 Å². The van der Waals surface area contributed by atoms with Crippen LogP contribution in [0, 0.1) is 0 Å². The predicted molar refractivity (Wildman–Crippen MR) is 57.8 cm³/mol. The van der Waals surface area contributed by atoms with Gasteiger partial charge in [-0.3, -0.25) is 9.78 Å². The number of rotatable bonds is 4. The van der Waals surface area contributed by atoms with E-state index in [0.717, 1.165) is 0 Å². The van der Waals surface area contributed by atoms with Crippen molar-refractivity contribution < 1.29 is 14.7 Å². The van der Waals surface area contributed by atoms with Crippen LogP contribution >= 0.6 is 0 Å². The van der Waals surface area contributed by atoms with Crippen molar-refractivity contribution in [1.29, 1.82) is 0 Å². The van der Waals surface area contributed by atoms with Gasteiger partial charge in [-0.2, -0.15) is 0 Å². The van der Waals surface area contributed by atoms with Crippen molar-refractivity contribution >= 4 is 17.6 Å². The van der Waals surface area contributed by atoms with E-state index in [4.69, 9.17) is 10.8 Å². The minimum absolute atomic E-state index is 0.250. The molecule has 0 aromatic carbocycles. The Bertz CT molecular complexity index is 406. The van der Waals surface area contributed by atoms with Crippen LogP contribution in [0.15, 0.2) is 18.5 Å². The molecule has 0 aliphatic carbocycles. The Morgan fingerprint density at radius 1 is 1.56 bits per heavy atom. The Morgan fingerprint density at radius 3 is 2.75 bits per heavy atom. The number of hydrogen-bond acceptors (Lipinski definition) is 4. The van der Waals surface area contributed by atoms with Crippen molar-refractivity contribution in [2.75, 3.05) is 5.73 Å². The summed E-state index contributed by atoms with van der Waals surface area (Å²) < 4.78 is 0. The summed E-state index contributed by atoms with van der Waals surface area (Å²) in [4.78, 5) is 26.1. The van der Waals surface area contributed by atoms with E-state index in [0.29, 0.717) is 12.1 Å². The summed E-state index contributed by atoms with van der Waals surface area (Å²) in [6.07, 6.45) is 3.06. The number of carbonyl (C=O) groups excluding carboxylic acids is 1. The number of nitrogens with zero attached hydrogens (tertiary/aromatic N) is 1. The fraction of sp³-hybridized carbons (Fsp3) is 0.300. The molecule has 1 unspecified atom stereocenters. The van der Waals surface area contributed by atoms with Gasteiger partial charge in [0.05, 0.1) is 11.3 Å². The van der Waals surface area contributed by atoms with Gasteiger partial charge >= 0.3 is 5.97 Å². The molecular weight excluding hydrogens is 210 g/mol. The molecule has 1 heterocycles. The Labute approximate surface area is 92.5 Å². The van der Waals surface area contributed by atoms with Gasteiger partial charge in [0.15, 0.2) is 0 Å². The fourth-order valence-corrected chi connectivity index (χ4v) is 1.16. The zero-order valence-electron chi connectivity index (χ0n) is 8.80. The van der Waals surface area contributed by atoms with E-state index >= 15 is 0 Å². The number of carbonyl (C=O) groups is 2. The fourth-order valence-electron chi connectivity index (χ4n) is 1.16. The molecule has 0 aliphatic heterocycles. The second kappa shape index (κ2) is 5.11.